The van der Waals surface area contributed by atoms with Gasteiger partial charge in [-0.15, -0.1) is 0 Å². The minimum atomic E-state index is 0.106. The van der Waals surface area contributed by atoms with Crippen LogP contribution in [0.1, 0.15) is 24.3 Å². The van der Waals surface area contributed by atoms with Crippen molar-refractivity contribution >= 4 is 45.5 Å². The van der Waals surface area contributed by atoms with E-state index in [1.807, 2.05) is 13.0 Å². The Morgan fingerprint density at radius 3 is 2.67 bits per heavy atom. The van der Waals surface area contributed by atoms with Gasteiger partial charge in [-0.05, 0) is 60.2 Å². The second kappa shape index (κ2) is 5.51. The van der Waals surface area contributed by atoms with E-state index in [0.29, 0.717) is 11.5 Å². The summed E-state index contributed by atoms with van der Waals surface area (Å²) in [5.41, 5.74) is 7.44. The molecule has 21 heavy (non-hydrogen) atoms. The minimum absolute atomic E-state index is 0.106. The lowest BCUT2D eigenvalue weighted by Crippen LogP contribution is -2.09. The Morgan fingerprint density at radius 2 is 1.95 bits per heavy atom. The Kier molecular flexibility index (Phi) is 3.71. The number of hydrogen-bond acceptors (Lipinski definition) is 5. The zero-order valence-electron chi connectivity index (χ0n) is 11.7. The molecule has 3 aromatic rings. The van der Waals surface area contributed by atoms with Gasteiger partial charge in [-0.1, -0.05) is 12.1 Å². The van der Waals surface area contributed by atoms with Crippen molar-refractivity contribution in [3.05, 3.63) is 45.2 Å². The van der Waals surface area contributed by atoms with Crippen molar-refractivity contribution in [1.82, 2.24) is 9.97 Å². The van der Waals surface area contributed by atoms with Crippen molar-refractivity contribution in [2.75, 3.05) is 11.1 Å². The molecule has 2 aromatic heterocycles. The van der Waals surface area contributed by atoms with Gasteiger partial charge in [-0.3, -0.25) is 0 Å². The Morgan fingerprint density at radius 1 is 1.24 bits per heavy atom. The molecule has 0 aliphatic heterocycles. The summed E-state index contributed by atoms with van der Waals surface area (Å²) in [5, 5.41) is 4.23. The number of furan rings is 1. The topological polar surface area (TPSA) is 77.0 Å². The molecule has 1 aromatic carbocycles. The fraction of sp³-hybridized carbons (Fsp3) is 0.200. The summed E-state index contributed by atoms with van der Waals surface area (Å²) in [7, 11) is 0. The van der Waals surface area contributed by atoms with Crippen molar-refractivity contribution in [3.8, 4) is 0 Å². The number of nitrogens with two attached hydrogens (primary N) is 1. The van der Waals surface area contributed by atoms with Gasteiger partial charge in [-0.2, -0.15) is 9.97 Å². The summed E-state index contributed by atoms with van der Waals surface area (Å²) in [6.07, 6.45) is 0. The largest absolute Gasteiger partial charge is 0.443 e. The van der Waals surface area contributed by atoms with Gasteiger partial charge >= 0.3 is 0 Å². The lowest BCUT2D eigenvalue weighted by molar-refractivity contribution is 0.567. The molecule has 3 rings (SSSR count). The summed E-state index contributed by atoms with van der Waals surface area (Å²) < 4.78 is 6.73. The van der Waals surface area contributed by atoms with Crippen molar-refractivity contribution in [2.45, 2.75) is 19.9 Å². The van der Waals surface area contributed by atoms with Gasteiger partial charge in [0.25, 0.3) is 0 Å². The van der Waals surface area contributed by atoms with Gasteiger partial charge < -0.3 is 15.5 Å². The van der Waals surface area contributed by atoms with Crippen LogP contribution in [0.4, 0.5) is 11.8 Å². The molecule has 5 nitrogen and oxygen atoms in total. The maximum Gasteiger partial charge on any atom is 0.233 e. The van der Waals surface area contributed by atoms with Gasteiger partial charge in [0.1, 0.15) is 11.6 Å². The summed E-state index contributed by atoms with van der Waals surface area (Å²) in [6, 6.07) is 10.4. The number of aromatic nitrogens is 2. The molecule has 0 aliphatic carbocycles. The predicted molar refractivity (Wildman–Crippen MR) is 92.2 cm³/mol. The van der Waals surface area contributed by atoms with E-state index in [4.69, 9.17) is 10.2 Å². The highest BCUT2D eigenvalue weighted by Gasteiger charge is 2.13. The fourth-order valence-electron chi connectivity index (χ4n) is 2.21. The molecule has 108 valence electrons. The number of nitrogens with zero attached hydrogens (tertiary/aromatic N) is 2. The lowest BCUT2D eigenvalue weighted by atomic mass is 10.1. The summed E-state index contributed by atoms with van der Waals surface area (Å²) in [6.45, 7) is 3.96. The number of fused-ring (bicyclic) bond motifs is 1. The van der Waals surface area contributed by atoms with E-state index in [2.05, 4.69) is 69.1 Å². The standard InChI is InChI=1S/C15H15IN4O/c1-8-7-12-13(19-15(17)20-14(12)21-8)18-9(2)10-3-5-11(16)6-4-10/h3-7,9H,1-2H3,(H3,17,18,19,20)/t9-/m0/s1. The highest BCUT2D eigenvalue weighted by atomic mass is 127. The third-order valence-corrected chi connectivity index (χ3v) is 3.98. The molecule has 3 N–H and O–H groups in total. The molecule has 0 amide bonds. The summed E-state index contributed by atoms with van der Waals surface area (Å²) in [4.78, 5) is 8.40. The van der Waals surface area contributed by atoms with Crippen LogP contribution in [0.2, 0.25) is 0 Å². The van der Waals surface area contributed by atoms with Crippen molar-refractivity contribution in [2.24, 2.45) is 0 Å². The first-order chi connectivity index (χ1) is 10.0. The zero-order valence-corrected chi connectivity index (χ0v) is 13.9. The van der Waals surface area contributed by atoms with Crippen LogP contribution < -0.4 is 11.1 Å². The molecule has 0 fully saturated rings. The molecule has 0 saturated carbocycles. The molecule has 0 aliphatic rings. The summed E-state index contributed by atoms with van der Waals surface area (Å²) >= 11 is 2.29. The van der Waals surface area contributed by atoms with Gasteiger partial charge in [0, 0.05) is 9.61 Å². The third kappa shape index (κ3) is 2.94. The predicted octanol–water partition coefficient (Wildman–Crippen LogP) is 3.89. The first-order valence-electron chi connectivity index (χ1n) is 6.58. The van der Waals surface area contributed by atoms with Gasteiger partial charge in [0.05, 0.1) is 5.39 Å². The van der Waals surface area contributed by atoms with Crippen LogP contribution in [-0.2, 0) is 0 Å². The van der Waals surface area contributed by atoms with E-state index >= 15 is 0 Å². The third-order valence-electron chi connectivity index (χ3n) is 3.26. The molecular formula is C15H15IN4O. The van der Waals surface area contributed by atoms with E-state index in [9.17, 15) is 0 Å². The Labute approximate surface area is 136 Å². The quantitative estimate of drug-likeness (QED) is 0.660. The van der Waals surface area contributed by atoms with Crippen LogP contribution in [0.3, 0.4) is 0 Å². The average Bonchev–Trinajstić information content (AvgIpc) is 2.79. The van der Waals surface area contributed by atoms with E-state index in [1.165, 1.54) is 9.13 Å². The van der Waals surface area contributed by atoms with Crippen molar-refractivity contribution < 1.29 is 4.42 Å². The molecule has 0 spiro atoms. The van der Waals surface area contributed by atoms with Crippen molar-refractivity contribution in [1.29, 1.82) is 0 Å². The monoisotopic (exact) mass is 394 g/mol. The van der Waals surface area contributed by atoms with Crippen LogP contribution in [0.5, 0.6) is 0 Å². The van der Waals surface area contributed by atoms with Crippen LogP contribution >= 0.6 is 22.6 Å². The molecular weight excluding hydrogens is 379 g/mol. The number of halogens is 1. The van der Waals surface area contributed by atoms with Crippen molar-refractivity contribution in [3.63, 3.8) is 0 Å². The second-order valence-corrected chi connectivity index (χ2v) is 6.17. The Hall–Kier alpha value is -1.83. The number of rotatable bonds is 3. The smallest absolute Gasteiger partial charge is 0.233 e. The zero-order chi connectivity index (χ0) is 15.0. The van der Waals surface area contributed by atoms with E-state index in [1.54, 1.807) is 0 Å². The average molecular weight is 394 g/mol. The highest BCUT2D eigenvalue weighted by Crippen LogP contribution is 2.27. The van der Waals surface area contributed by atoms with Crippen LogP contribution in [0, 0.1) is 10.5 Å². The summed E-state index contributed by atoms with van der Waals surface area (Å²) in [5.74, 6) is 1.68. The second-order valence-electron chi connectivity index (χ2n) is 4.92. The molecule has 1 atom stereocenters. The molecule has 0 saturated heterocycles. The SMILES string of the molecule is Cc1cc2c(N[C@@H](C)c3ccc(I)cc3)nc(N)nc2o1. The van der Waals surface area contributed by atoms with Gasteiger partial charge in [0.2, 0.25) is 11.7 Å². The normalized spacial score (nSPS) is 12.5. The number of nitrogens with one attached hydrogen (secondary N) is 1. The maximum atomic E-state index is 5.75. The van der Waals surface area contributed by atoms with E-state index < -0.39 is 0 Å². The fourth-order valence-corrected chi connectivity index (χ4v) is 2.57. The molecule has 0 unspecified atom stereocenters. The van der Waals surface area contributed by atoms with Crippen LogP contribution in [0.15, 0.2) is 34.7 Å². The Balaban J connectivity index is 1.95. The maximum absolute atomic E-state index is 5.75. The lowest BCUT2D eigenvalue weighted by Gasteiger charge is -2.15. The number of nitrogen functional groups attached to an aromatic ring is 1. The molecule has 0 radical (unpaired) electrons. The molecule has 2 heterocycles. The first-order valence-corrected chi connectivity index (χ1v) is 7.66. The molecule has 0 bridgehead atoms. The van der Waals surface area contributed by atoms with Crippen LogP contribution in [-0.4, -0.2) is 9.97 Å². The van der Waals surface area contributed by atoms with Gasteiger partial charge in [0.15, 0.2) is 0 Å². The Bertz CT molecular complexity index is 782. The van der Waals surface area contributed by atoms with E-state index in [-0.39, 0.29) is 12.0 Å². The number of aryl methyl sites for hydroxylation is 1. The highest BCUT2D eigenvalue weighted by molar-refractivity contribution is 14.1. The number of benzene rings is 1. The number of anilines is 2. The molecule has 6 heteroatoms. The van der Waals surface area contributed by atoms with Crippen LogP contribution in [0.25, 0.3) is 11.1 Å². The first kappa shape index (κ1) is 14.1. The van der Waals surface area contributed by atoms with E-state index in [0.717, 1.165) is 11.1 Å². The van der Waals surface area contributed by atoms with Gasteiger partial charge in [-0.25, -0.2) is 0 Å². The minimum Gasteiger partial charge on any atom is -0.443 e. The number of hydrogen-bond donors (Lipinski definition) is 2.